The Labute approximate surface area is 322 Å². The number of ether oxygens (including phenoxy) is 1. The molecule has 8 aromatic carbocycles. The molecule has 0 saturated heterocycles. The van der Waals surface area contributed by atoms with Crippen molar-refractivity contribution in [3.8, 4) is 56.5 Å². The van der Waals surface area contributed by atoms with Gasteiger partial charge in [-0.1, -0.05) is 152 Å². The highest BCUT2D eigenvalue weighted by molar-refractivity contribution is 7.26. The first-order chi connectivity index (χ1) is 27.3. The topological polar surface area (TPSA) is 38.2 Å². The van der Waals surface area contributed by atoms with Crippen LogP contribution in [-0.2, 0) is 0 Å². The van der Waals surface area contributed by atoms with Crippen molar-refractivity contribution in [3.63, 3.8) is 0 Å². The van der Waals surface area contributed by atoms with Crippen molar-refractivity contribution in [1.82, 2.24) is 9.97 Å². The van der Waals surface area contributed by atoms with Gasteiger partial charge in [0.15, 0.2) is 17.3 Å². The molecule has 0 saturated carbocycles. The summed E-state index contributed by atoms with van der Waals surface area (Å²) in [6.45, 7) is 0. The molecule has 1 aliphatic rings. The molecule has 0 atom stereocenters. The van der Waals surface area contributed by atoms with Crippen LogP contribution in [0.15, 0.2) is 188 Å². The highest BCUT2D eigenvalue weighted by Gasteiger charge is 2.31. The second kappa shape index (κ2) is 12.8. The molecule has 5 heteroatoms. The number of nitrogens with zero attached hydrogens (tertiary/aromatic N) is 3. The molecule has 0 aliphatic carbocycles. The summed E-state index contributed by atoms with van der Waals surface area (Å²) in [6, 6.07) is 65.8. The van der Waals surface area contributed by atoms with Gasteiger partial charge in [-0.25, -0.2) is 9.97 Å². The summed E-state index contributed by atoms with van der Waals surface area (Å²) in [4.78, 5) is 12.4. The molecule has 2 aromatic heterocycles. The van der Waals surface area contributed by atoms with Crippen LogP contribution in [0, 0.1) is 0 Å². The van der Waals surface area contributed by atoms with Gasteiger partial charge in [-0.3, -0.25) is 0 Å². The van der Waals surface area contributed by atoms with Crippen LogP contribution in [0.5, 0.6) is 11.5 Å². The van der Waals surface area contributed by atoms with Crippen LogP contribution < -0.4 is 9.64 Å². The van der Waals surface area contributed by atoms with Crippen molar-refractivity contribution in [2.75, 3.05) is 4.90 Å². The Morgan fingerprint density at radius 2 is 1.00 bits per heavy atom. The van der Waals surface area contributed by atoms with E-state index >= 15 is 0 Å². The van der Waals surface area contributed by atoms with E-state index in [-0.39, 0.29) is 0 Å². The SMILES string of the molecule is c1ccc(-c2cc(-c3ccccc3)nc(-c3ccc(-c4ccc(N5c6ccccc6Oc6c5c5sc7ccccc7c5c5ccccc65)cc4)cc3)n2)cc1. The third kappa shape index (κ3) is 5.28. The number of hydrogen-bond acceptors (Lipinski definition) is 5. The van der Waals surface area contributed by atoms with E-state index in [0.717, 1.165) is 73.2 Å². The molecule has 258 valence electrons. The fourth-order valence-corrected chi connectivity index (χ4v) is 9.10. The van der Waals surface area contributed by atoms with E-state index in [2.05, 4.69) is 150 Å². The monoisotopic (exact) mass is 721 g/mol. The van der Waals surface area contributed by atoms with Crippen LogP contribution in [0.2, 0.25) is 0 Å². The lowest BCUT2D eigenvalue weighted by Crippen LogP contribution is -2.16. The zero-order valence-corrected chi connectivity index (χ0v) is 30.4. The number of rotatable bonds is 5. The largest absolute Gasteiger partial charge is 0.452 e. The summed E-state index contributed by atoms with van der Waals surface area (Å²) < 4.78 is 9.29. The second-order valence-corrected chi connectivity index (χ2v) is 14.8. The summed E-state index contributed by atoms with van der Waals surface area (Å²) in [6.07, 6.45) is 0. The Bertz CT molecular complexity index is 2990. The van der Waals surface area contributed by atoms with E-state index in [4.69, 9.17) is 14.7 Å². The summed E-state index contributed by atoms with van der Waals surface area (Å²) in [5.41, 5.74) is 10.3. The van der Waals surface area contributed by atoms with Crippen LogP contribution in [0.1, 0.15) is 0 Å². The lowest BCUT2D eigenvalue weighted by molar-refractivity contribution is 0.483. The molecule has 0 amide bonds. The van der Waals surface area contributed by atoms with Crippen molar-refractivity contribution in [2.24, 2.45) is 0 Å². The molecule has 11 rings (SSSR count). The maximum absolute atomic E-state index is 6.81. The molecular weight excluding hydrogens is 691 g/mol. The first-order valence-corrected chi connectivity index (χ1v) is 19.2. The van der Waals surface area contributed by atoms with Crippen molar-refractivity contribution < 1.29 is 4.74 Å². The van der Waals surface area contributed by atoms with Gasteiger partial charge in [0.2, 0.25) is 0 Å². The maximum atomic E-state index is 6.81. The third-order valence-electron chi connectivity index (χ3n) is 10.5. The Kier molecular flexibility index (Phi) is 7.32. The van der Waals surface area contributed by atoms with E-state index in [1.54, 1.807) is 0 Å². The minimum absolute atomic E-state index is 0.701. The molecular formula is C50H31N3OS. The molecule has 3 heterocycles. The zero-order chi connectivity index (χ0) is 36.3. The number of para-hydroxylation sites is 2. The first kappa shape index (κ1) is 31.4. The van der Waals surface area contributed by atoms with Crippen LogP contribution in [0.25, 0.3) is 76.0 Å². The lowest BCUT2D eigenvalue weighted by atomic mass is 9.99. The number of hydrogen-bond donors (Lipinski definition) is 0. The predicted molar refractivity (Wildman–Crippen MR) is 229 cm³/mol. The quantitative estimate of drug-likeness (QED) is 0.177. The highest BCUT2D eigenvalue weighted by Crippen LogP contribution is 2.58. The molecule has 4 nitrogen and oxygen atoms in total. The summed E-state index contributed by atoms with van der Waals surface area (Å²) in [7, 11) is 0. The van der Waals surface area contributed by atoms with Gasteiger partial charge < -0.3 is 9.64 Å². The summed E-state index contributed by atoms with van der Waals surface area (Å²) in [5.74, 6) is 2.43. The van der Waals surface area contributed by atoms with Gasteiger partial charge in [0.05, 0.1) is 21.8 Å². The normalized spacial score (nSPS) is 12.1. The minimum Gasteiger partial charge on any atom is -0.452 e. The van der Waals surface area contributed by atoms with Crippen LogP contribution in [0.3, 0.4) is 0 Å². The van der Waals surface area contributed by atoms with Crippen molar-refractivity contribution in [1.29, 1.82) is 0 Å². The summed E-state index contributed by atoms with van der Waals surface area (Å²) in [5, 5.41) is 4.86. The molecule has 55 heavy (non-hydrogen) atoms. The lowest BCUT2D eigenvalue weighted by Gasteiger charge is -2.34. The second-order valence-electron chi connectivity index (χ2n) is 13.7. The Morgan fingerprint density at radius 3 is 1.69 bits per heavy atom. The first-order valence-electron chi connectivity index (χ1n) is 18.4. The number of aromatic nitrogens is 2. The summed E-state index contributed by atoms with van der Waals surface area (Å²) >= 11 is 1.83. The zero-order valence-electron chi connectivity index (χ0n) is 29.6. The number of anilines is 3. The standard InChI is InChI=1S/C50H31N3OS/c1-3-13-34(14-4-1)41-31-42(35-15-5-2-6-16-35)52-50(51-41)36-25-23-32(24-26-36)33-27-29-37(30-28-33)53-43-20-10-11-21-44(43)54-48-39-18-8-7-17-38(39)46-40-19-9-12-22-45(40)55-49(46)47(48)53/h1-31H. The fourth-order valence-electron chi connectivity index (χ4n) is 7.85. The van der Waals surface area contributed by atoms with Gasteiger partial charge in [-0.15, -0.1) is 11.3 Å². The number of fused-ring (bicyclic) bond motifs is 9. The van der Waals surface area contributed by atoms with E-state index in [1.165, 1.54) is 25.6 Å². The van der Waals surface area contributed by atoms with Crippen LogP contribution >= 0.6 is 11.3 Å². The molecule has 0 radical (unpaired) electrons. The van der Waals surface area contributed by atoms with Gasteiger partial charge in [0, 0.05) is 43.2 Å². The van der Waals surface area contributed by atoms with E-state index in [1.807, 2.05) is 53.8 Å². The maximum Gasteiger partial charge on any atom is 0.160 e. The van der Waals surface area contributed by atoms with Gasteiger partial charge in [0.1, 0.15) is 5.69 Å². The Balaban J connectivity index is 0.996. The molecule has 10 aromatic rings. The molecule has 0 fully saturated rings. The van der Waals surface area contributed by atoms with Crippen LogP contribution in [-0.4, -0.2) is 9.97 Å². The van der Waals surface area contributed by atoms with E-state index in [0.29, 0.717) is 5.82 Å². The predicted octanol–water partition coefficient (Wildman–Crippen LogP) is 14.2. The van der Waals surface area contributed by atoms with E-state index in [9.17, 15) is 0 Å². The molecule has 1 aliphatic heterocycles. The Morgan fingerprint density at radius 1 is 0.455 bits per heavy atom. The van der Waals surface area contributed by atoms with Gasteiger partial charge in [0.25, 0.3) is 0 Å². The fraction of sp³-hybridized carbons (Fsp3) is 0. The van der Waals surface area contributed by atoms with Crippen molar-refractivity contribution >= 4 is 59.3 Å². The highest BCUT2D eigenvalue weighted by atomic mass is 32.1. The third-order valence-corrected chi connectivity index (χ3v) is 11.7. The number of benzene rings is 8. The Hall–Kier alpha value is -7.08. The minimum atomic E-state index is 0.701. The van der Waals surface area contributed by atoms with Crippen molar-refractivity contribution in [3.05, 3.63) is 188 Å². The molecule has 0 spiro atoms. The number of thiophene rings is 1. The van der Waals surface area contributed by atoms with Crippen LogP contribution in [0.4, 0.5) is 17.1 Å². The molecule has 0 N–H and O–H groups in total. The van der Waals surface area contributed by atoms with Gasteiger partial charge in [-0.2, -0.15) is 0 Å². The van der Waals surface area contributed by atoms with Gasteiger partial charge in [-0.05, 0) is 52.9 Å². The molecule has 0 unspecified atom stereocenters. The average Bonchev–Trinajstić information content (AvgIpc) is 3.66. The van der Waals surface area contributed by atoms with Crippen molar-refractivity contribution in [2.45, 2.75) is 0 Å². The van der Waals surface area contributed by atoms with E-state index < -0.39 is 0 Å². The molecule has 0 bridgehead atoms. The smallest absolute Gasteiger partial charge is 0.160 e. The van der Waals surface area contributed by atoms with Gasteiger partial charge >= 0.3 is 0 Å². The average molecular weight is 722 g/mol.